The van der Waals surface area contributed by atoms with Crippen molar-refractivity contribution in [1.29, 1.82) is 0 Å². The third-order valence-electron chi connectivity index (χ3n) is 4.25. The summed E-state index contributed by atoms with van der Waals surface area (Å²) in [6.07, 6.45) is 2.14. The van der Waals surface area contributed by atoms with Crippen LogP contribution < -0.4 is 10.1 Å². The zero-order chi connectivity index (χ0) is 17.1. The van der Waals surface area contributed by atoms with Gasteiger partial charge < -0.3 is 15.2 Å². The highest BCUT2D eigenvalue weighted by atomic mass is 79.9. The average molecular weight is 390 g/mol. The molecule has 1 atom stereocenters. The first-order valence-electron chi connectivity index (χ1n) is 8.03. The van der Waals surface area contributed by atoms with Crippen molar-refractivity contribution in [2.75, 3.05) is 11.9 Å². The van der Waals surface area contributed by atoms with Crippen LogP contribution in [0.1, 0.15) is 35.6 Å². The second kappa shape index (κ2) is 7.36. The van der Waals surface area contributed by atoms with Crippen LogP contribution in [0.2, 0.25) is 0 Å². The molecule has 0 bridgehead atoms. The Bertz CT molecular complexity index is 760. The second-order valence-corrected chi connectivity index (χ2v) is 6.94. The Morgan fingerprint density at radius 2 is 2.21 bits per heavy atom. The molecule has 2 aromatic rings. The van der Waals surface area contributed by atoms with E-state index in [-0.39, 0.29) is 12.5 Å². The van der Waals surface area contributed by atoms with Gasteiger partial charge in [-0.3, -0.25) is 4.79 Å². The van der Waals surface area contributed by atoms with Crippen molar-refractivity contribution in [2.24, 2.45) is 0 Å². The summed E-state index contributed by atoms with van der Waals surface area (Å²) in [6.45, 7) is 1.89. The molecule has 2 N–H and O–H groups in total. The van der Waals surface area contributed by atoms with Crippen molar-refractivity contribution in [3.05, 3.63) is 57.6 Å². The number of fused-ring (bicyclic) bond motifs is 1. The fourth-order valence-corrected chi connectivity index (χ4v) is 3.50. The minimum Gasteiger partial charge on any atom is -0.483 e. The van der Waals surface area contributed by atoms with Gasteiger partial charge in [-0.15, -0.1) is 0 Å². The molecule has 0 unspecified atom stereocenters. The number of halogens is 1. The molecule has 1 aliphatic carbocycles. The molecule has 4 nitrogen and oxygen atoms in total. The maximum atomic E-state index is 12.2. The molecule has 0 saturated heterocycles. The molecule has 5 heteroatoms. The van der Waals surface area contributed by atoms with Crippen LogP contribution in [0.25, 0.3) is 0 Å². The van der Waals surface area contributed by atoms with Crippen molar-refractivity contribution >= 4 is 27.5 Å². The lowest BCUT2D eigenvalue weighted by Crippen LogP contribution is -2.21. The number of nitrogens with one attached hydrogen (secondary N) is 1. The fourth-order valence-electron chi connectivity index (χ4n) is 3.02. The number of rotatable bonds is 4. The maximum absolute atomic E-state index is 12.2. The summed E-state index contributed by atoms with van der Waals surface area (Å²) in [5.41, 5.74) is 3.70. The first kappa shape index (κ1) is 17.0. The first-order valence-corrected chi connectivity index (χ1v) is 8.82. The second-order valence-electron chi connectivity index (χ2n) is 6.03. The van der Waals surface area contributed by atoms with Crippen LogP contribution in [0.4, 0.5) is 5.69 Å². The quantitative estimate of drug-likeness (QED) is 0.825. The number of anilines is 1. The van der Waals surface area contributed by atoms with Crippen LogP contribution in [0.15, 0.2) is 40.9 Å². The molecule has 0 aromatic heterocycles. The molecule has 126 valence electrons. The van der Waals surface area contributed by atoms with Crippen LogP contribution in [-0.2, 0) is 11.2 Å². The lowest BCUT2D eigenvalue weighted by molar-refractivity contribution is -0.118. The SMILES string of the molecule is Cc1cc(Br)ccc1NC(=O)COc1cccc2c1CCC[C@H]2O. The van der Waals surface area contributed by atoms with E-state index in [1.54, 1.807) is 0 Å². The number of aryl methyl sites for hydroxylation is 1. The highest BCUT2D eigenvalue weighted by Gasteiger charge is 2.21. The molecule has 0 fully saturated rings. The maximum Gasteiger partial charge on any atom is 0.262 e. The van der Waals surface area contributed by atoms with E-state index in [0.29, 0.717) is 5.75 Å². The molecule has 0 heterocycles. The molecule has 0 saturated carbocycles. The number of carbonyl (C=O) groups is 1. The highest BCUT2D eigenvalue weighted by Crippen LogP contribution is 2.35. The summed E-state index contributed by atoms with van der Waals surface area (Å²) in [5, 5.41) is 12.9. The van der Waals surface area contributed by atoms with Crippen LogP contribution in [0.5, 0.6) is 5.75 Å². The number of hydrogen-bond acceptors (Lipinski definition) is 3. The lowest BCUT2D eigenvalue weighted by atomic mass is 9.89. The number of ether oxygens (including phenoxy) is 1. The van der Waals surface area contributed by atoms with Crippen molar-refractivity contribution < 1.29 is 14.6 Å². The van der Waals surface area contributed by atoms with E-state index in [1.165, 1.54) is 0 Å². The number of aliphatic hydroxyl groups is 1. The van der Waals surface area contributed by atoms with Crippen LogP contribution >= 0.6 is 15.9 Å². The monoisotopic (exact) mass is 389 g/mol. The Morgan fingerprint density at radius 1 is 1.38 bits per heavy atom. The van der Waals surface area contributed by atoms with Crippen molar-refractivity contribution in [3.8, 4) is 5.75 Å². The highest BCUT2D eigenvalue weighted by molar-refractivity contribution is 9.10. The van der Waals surface area contributed by atoms with Gasteiger partial charge >= 0.3 is 0 Å². The van der Waals surface area contributed by atoms with Gasteiger partial charge in [0.05, 0.1) is 6.10 Å². The number of aliphatic hydroxyl groups excluding tert-OH is 1. The topological polar surface area (TPSA) is 58.6 Å². The summed E-state index contributed by atoms with van der Waals surface area (Å²) in [7, 11) is 0. The largest absolute Gasteiger partial charge is 0.483 e. The fraction of sp³-hybridized carbons (Fsp3) is 0.316. The molecule has 0 radical (unpaired) electrons. The minimum absolute atomic E-state index is 0.0535. The van der Waals surface area contributed by atoms with E-state index in [2.05, 4.69) is 21.2 Å². The number of benzene rings is 2. The normalized spacial score (nSPS) is 16.4. The third-order valence-corrected chi connectivity index (χ3v) is 4.75. The van der Waals surface area contributed by atoms with Gasteiger partial charge in [0.25, 0.3) is 5.91 Å². The molecule has 1 aliphatic rings. The van der Waals surface area contributed by atoms with Crippen molar-refractivity contribution in [2.45, 2.75) is 32.3 Å². The van der Waals surface area contributed by atoms with Crippen molar-refractivity contribution in [3.63, 3.8) is 0 Å². The smallest absolute Gasteiger partial charge is 0.262 e. The molecule has 1 amide bonds. The summed E-state index contributed by atoms with van der Waals surface area (Å²) in [5.74, 6) is 0.489. The summed E-state index contributed by atoms with van der Waals surface area (Å²) >= 11 is 3.41. The van der Waals surface area contributed by atoms with E-state index in [0.717, 1.165) is 46.1 Å². The average Bonchev–Trinajstić information content (AvgIpc) is 2.56. The lowest BCUT2D eigenvalue weighted by Gasteiger charge is -2.23. The Morgan fingerprint density at radius 3 is 3.00 bits per heavy atom. The number of hydrogen-bond donors (Lipinski definition) is 2. The summed E-state index contributed by atoms with van der Waals surface area (Å²) in [6, 6.07) is 11.3. The van der Waals surface area contributed by atoms with Gasteiger partial charge in [-0.2, -0.15) is 0 Å². The van der Waals surface area contributed by atoms with Gasteiger partial charge in [0.15, 0.2) is 6.61 Å². The Labute approximate surface area is 150 Å². The Balaban J connectivity index is 1.66. The predicted octanol–water partition coefficient (Wildman–Crippen LogP) is 4.14. The van der Waals surface area contributed by atoms with Gasteiger partial charge in [-0.25, -0.2) is 0 Å². The van der Waals surface area contributed by atoms with E-state index in [4.69, 9.17) is 4.74 Å². The standard InChI is InChI=1S/C19H20BrNO3/c1-12-10-13(20)8-9-16(12)21-19(23)11-24-18-7-3-4-14-15(18)5-2-6-17(14)22/h3-4,7-10,17,22H,2,5-6,11H2,1H3,(H,21,23)/t17-/m1/s1. The zero-order valence-electron chi connectivity index (χ0n) is 13.5. The van der Waals surface area contributed by atoms with E-state index in [9.17, 15) is 9.90 Å². The zero-order valence-corrected chi connectivity index (χ0v) is 15.1. The van der Waals surface area contributed by atoms with E-state index in [1.807, 2.05) is 43.3 Å². The van der Waals surface area contributed by atoms with Gasteiger partial charge in [0.2, 0.25) is 0 Å². The first-order chi connectivity index (χ1) is 11.5. The number of carbonyl (C=O) groups excluding carboxylic acids is 1. The van der Waals surface area contributed by atoms with E-state index >= 15 is 0 Å². The summed E-state index contributed by atoms with van der Waals surface area (Å²) in [4.78, 5) is 12.2. The minimum atomic E-state index is -0.434. The molecule has 24 heavy (non-hydrogen) atoms. The van der Waals surface area contributed by atoms with Gasteiger partial charge in [-0.1, -0.05) is 28.1 Å². The molecule has 3 rings (SSSR count). The van der Waals surface area contributed by atoms with Crippen LogP contribution in [0, 0.1) is 6.92 Å². The van der Waals surface area contributed by atoms with Crippen LogP contribution in [0.3, 0.4) is 0 Å². The van der Waals surface area contributed by atoms with Gasteiger partial charge in [0.1, 0.15) is 5.75 Å². The molecule has 0 aliphatic heterocycles. The molecular formula is C19H20BrNO3. The summed E-state index contributed by atoms with van der Waals surface area (Å²) < 4.78 is 6.69. The van der Waals surface area contributed by atoms with E-state index < -0.39 is 6.10 Å². The predicted molar refractivity (Wildman–Crippen MR) is 97.3 cm³/mol. The Kier molecular flexibility index (Phi) is 5.21. The van der Waals surface area contributed by atoms with Crippen LogP contribution in [-0.4, -0.2) is 17.6 Å². The van der Waals surface area contributed by atoms with Crippen molar-refractivity contribution in [1.82, 2.24) is 0 Å². The molecule has 2 aromatic carbocycles. The molecule has 0 spiro atoms. The Hall–Kier alpha value is -1.85. The van der Waals surface area contributed by atoms with Gasteiger partial charge in [-0.05, 0) is 67.1 Å². The van der Waals surface area contributed by atoms with Gasteiger partial charge in [0, 0.05) is 10.2 Å². The number of amides is 1. The molecular weight excluding hydrogens is 370 g/mol. The third kappa shape index (κ3) is 3.79.